The van der Waals surface area contributed by atoms with Gasteiger partial charge in [0.1, 0.15) is 5.82 Å². The molecule has 2 nitrogen and oxygen atoms in total. The first-order chi connectivity index (χ1) is 8.15. The molecule has 0 amide bonds. The predicted octanol–water partition coefficient (Wildman–Crippen LogP) is 2.80. The Balaban J connectivity index is 2.69. The number of rotatable bonds is 7. The van der Waals surface area contributed by atoms with Crippen molar-refractivity contribution in [2.75, 3.05) is 12.4 Å². The Kier molecular flexibility index (Phi) is 6.55. The standard InChI is InChI=1S/C13H20FNOS/c1-10(2)15-9-11-12(14)5-3-6-13(11)17-8-4-7-16/h3,5-6,10,15-16H,4,7-9H2,1-2H3. The van der Waals surface area contributed by atoms with Gasteiger partial charge in [-0.1, -0.05) is 19.9 Å². The lowest BCUT2D eigenvalue weighted by molar-refractivity contribution is 0.296. The summed E-state index contributed by atoms with van der Waals surface area (Å²) in [6.45, 7) is 4.81. The molecule has 2 N–H and O–H groups in total. The monoisotopic (exact) mass is 257 g/mol. The SMILES string of the molecule is CC(C)NCc1c(F)cccc1SCCCO. The van der Waals surface area contributed by atoms with Gasteiger partial charge in [0.25, 0.3) is 0 Å². The molecule has 0 spiro atoms. The molecule has 0 saturated carbocycles. The molecule has 0 aromatic heterocycles. The average Bonchev–Trinajstić information content (AvgIpc) is 2.28. The van der Waals surface area contributed by atoms with Gasteiger partial charge in [-0.15, -0.1) is 11.8 Å². The average molecular weight is 257 g/mol. The second kappa shape index (κ2) is 7.69. The maximum atomic E-state index is 13.7. The molecule has 1 aromatic rings. The second-order valence-corrected chi connectivity index (χ2v) is 5.31. The smallest absolute Gasteiger partial charge is 0.128 e. The molecule has 1 rings (SSSR count). The molecule has 0 aliphatic carbocycles. The van der Waals surface area contributed by atoms with Crippen molar-refractivity contribution in [3.05, 3.63) is 29.6 Å². The Morgan fingerprint density at radius 2 is 2.18 bits per heavy atom. The number of thioether (sulfide) groups is 1. The summed E-state index contributed by atoms with van der Waals surface area (Å²) >= 11 is 1.60. The van der Waals surface area contributed by atoms with Crippen molar-refractivity contribution in [3.63, 3.8) is 0 Å². The Morgan fingerprint density at radius 1 is 1.41 bits per heavy atom. The molecule has 0 fully saturated rings. The van der Waals surface area contributed by atoms with Crippen LogP contribution >= 0.6 is 11.8 Å². The fourth-order valence-corrected chi connectivity index (χ4v) is 2.41. The highest BCUT2D eigenvalue weighted by Crippen LogP contribution is 2.25. The van der Waals surface area contributed by atoms with E-state index in [0.717, 1.165) is 22.6 Å². The Bertz CT molecular complexity index is 344. The van der Waals surface area contributed by atoms with E-state index in [1.165, 1.54) is 6.07 Å². The van der Waals surface area contributed by atoms with Crippen molar-refractivity contribution < 1.29 is 9.50 Å². The van der Waals surface area contributed by atoms with E-state index in [4.69, 9.17) is 5.11 Å². The molecular weight excluding hydrogens is 237 g/mol. The van der Waals surface area contributed by atoms with Gasteiger partial charge >= 0.3 is 0 Å². The van der Waals surface area contributed by atoms with Gasteiger partial charge in [0.2, 0.25) is 0 Å². The summed E-state index contributed by atoms with van der Waals surface area (Å²) < 4.78 is 13.7. The Morgan fingerprint density at radius 3 is 2.82 bits per heavy atom. The lowest BCUT2D eigenvalue weighted by Gasteiger charge is -2.13. The number of hydrogen-bond acceptors (Lipinski definition) is 3. The van der Waals surface area contributed by atoms with Gasteiger partial charge in [0.15, 0.2) is 0 Å². The minimum atomic E-state index is -0.160. The van der Waals surface area contributed by atoms with Crippen LogP contribution in [0.3, 0.4) is 0 Å². The van der Waals surface area contributed by atoms with E-state index >= 15 is 0 Å². The lowest BCUT2D eigenvalue weighted by atomic mass is 10.2. The zero-order valence-electron chi connectivity index (χ0n) is 10.4. The second-order valence-electron chi connectivity index (χ2n) is 4.18. The molecule has 0 radical (unpaired) electrons. The van der Waals surface area contributed by atoms with Crippen LogP contribution in [0, 0.1) is 5.82 Å². The lowest BCUT2D eigenvalue weighted by Crippen LogP contribution is -2.22. The highest BCUT2D eigenvalue weighted by molar-refractivity contribution is 7.99. The minimum Gasteiger partial charge on any atom is -0.396 e. The van der Waals surface area contributed by atoms with Crippen molar-refractivity contribution in [3.8, 4) is 0 Å². The minimum absolute atomic E-state index is 0.160. The summed E-state index contributed by atoms with van der Waals surface area (Å²) in [5.41, 5.74) is 0.726. The van der Waals surface area contributed by atoms with Crippen LogP contribution in [0.4, 0.5) is 4.39 Å². The molecule has 0 bridgehead atoms. The van der Waals surface area contributed by atoms with Crippen LogP contribution in [-0.2, 0) is 6.54 Å². The first-order valence-electron chi connectivity index (χ1n) is 5.89. The van der Waals surface area contributed by atoms with Crippen molar-refractivity contribution in [2.24, 2.45) is 0 Å². The van der Waals surface area contributed by atoms with E-state index in [2.05, 4.69) is 5.32 Å². The summed E-state index contributed by atoms with van der Waals surface area (Å²) in [6, 6.07) is 5.50. The van der Waals surface area contributed by atoms with Crippen LogP contribution in [-0.4, -0.2) is 23.5 Å². The fraction of sp³-hybridized carbons (Fsp3) is 0.538. The number of benzene rings is 1. The zero-order valence-corrected chi connectivity index (χ0v) is 11.2. The number of aliphatic hydroxyl groups is 1. The summed E-state index contributed by atoms with van der Waals surface area (Å²) in [5.74, 6) is 0.654. The van der Waals surface area contributed by atoms with E-state index in [1.54, 1.807) is 17.8 Å². The van der Waals surface area contributed by atoms with Gasteiger partial charge in [-0.3, -0.25) is 0 Å². The van der Waals surface area contributed by atoms with Crippen LogP contribution in [0.5, 0.6) is 0 Å². The highest BCUT2D eigenvalue weighted by Gasteiger charge is 2.08. The molecule has 96 valence electrons. The number of nitrogens with one attached hydrogen (secondary N) is 1. The third kappa shape index (κ3) is 5.06. The van der Waals surface area contributed by atoms with Gasteiger partial charge in [0.05, 0.1) is 0 Å². The maximum absolute atomic E-state index is 13.7. The summed E-state index contributed by atoms with van der Waals surface area (Å²) in [5, 5.41) is 12.0. The van der Waals surface area contributed by atoms with Gasteiger partial charge in [-0.25, -0.2) is 4.39 Å². The van der Waals surface area contributed by atoms with Crippen molar-refractivity contribution in [2.45, 2.75) is 37.8 Å². The third-order valence-electron chi connectivity index (χ3n) is 2.32. The van der Waals surface area contributed by atoms with Gasteiger partial charge in [-0.05, 0) is 18.6 Å². The van der Waals surface area contributed by atoms with Crippen molar-refractivity contribution >= 4 is 11.8 Å². The summed E-state index contributed by atoms with van der Waals surface area (Å²) in [7, 11) is 0. The Hall–Kier alpha value is -0.580. The van der Waals surface area contributed by atoms with Crippen LogP contribution < -0.4 is 5.32 Å². The summed E-state index contributed by atoms with van der Waals surface area (Å²) in [6.07, 6.45) is 0.734. The van der Waals surface area contributed by atoms with Crippen LogP contribution in [0.2, 0.25) is 0 Å². The predicted molar refractivity (Wildman–Crippen MR) is 70.8 cm³/mol. The molecule has 0 aliphatic heterocycles. The third-order valence-corrected chi connectivity index (χ3v) is 3.51. The molecule has 0 aliphatic rings. The number of aliphatic hydroxyl groups excluding tert-OH is 1. The van der Waals surface area contributed by atoms with Crippen LogP contribution in [0.25, 0.3) is 0 Å². The van der Waals surface area contributed by atoms with Crippen molar-refractivity contribution in [1.29, 1.82) is 0 Å². The van der Waals surface area contributed by atoms with E-state index < -0.39 is 0 Å². The van der Waals surface area contributed by atoms with Crippen molar-refractivity contribution in [1.82, 2.24) is 5.32 Å². The number of halogens is 1. The normalized spacial score (nSPS) is 11.1. The highest BCUT2D eigenvalue weighted by atomic mass is 32.2. The molecule has 4 heteroatoms. The Labute approximate surface area is 107 Å². The molecule has 0 saturated heterocycles. The van der Waals surface area contributed by atoms with E-state index in [9.17, 15) is 4.39 Å². The van der Waals surface area contributed by atoms with E-state index in [-0.39, 0.29) is 12.4 Å². The number of hydrogen-bond donors (Lipinski definition) is 2. The van der Waals surface area contributed by atoms with E-state index in [0.29, 0.717) is 12.6 Å². The topological polar surface area (TPSA) is 32.3 Å². The quantitative estimate of drug-likeness (QED) is 0.582. The largest absolute Gasteiger partial charge is 0.396 e. The first kappa shape index (κ1) is 14.5. The molecule has 0 unspecified atom stereocenters. The molecular formula is C13H20FNOS. The molecule has 17 heavy (non-hydrogen) atoms. The molecule has 1 aromatic carbocycles. The first-order valence-corrected chi connectivity index (χ1v) is 6.88. The zero-order chi connectivity index (χ0) is 12.7. The van der Waals surface area contributed by atoms with Gasteiger partial charge < -0.3 is 10.4 Å². The van der Waals surface area contributed by atoms with Gasteiger partial charge in [0, 0.05) is 35.4 Å². The van der Waals surface area contributed by atoms with E-state index in [1.807, 2.05) is 19.9 Å². The summed E-state index contributed by atoms with van der Waals surface area (Å²) in [4.78, 5) is 0.964. The van der Waals surface area contributed by atoms with Crippen LogP contribution in [0.15, 0.2) is 23.1 Å². The molecule has 0 heterocycles. The molecule has 0 atom stereocenters. The van der Waals surface area contributed by atoms with Gasteiger partial charge in [-0.2, -0.15) is 0 Å². The maximum Gasteiger partial charge on any atom is 0.128 e. The fourth-order valence-electron chi connectivity index (χ4n) is 1.40. The van der Waals surface area contributed by atoms with Crippen LogP contribution in [0.1, 0.15) is 25.8 Å².